The summed E-state index contributed by atoms with van der Waals surface area (Å²) in [5.74, 6) is -1.28. The minimum absolute atomic E-state index is 0.0275. The van der Waals surface area contributed by atoms with Gasteiger partial charge in [-0.25, -0.2) is 4.39 Å². The first-order valence-electron chi connectivity index (χ1n) is 5.42. The number of halogens is 2. The Bertz CT molecular complexity index is 413. The van der Waals surface area contributed by atoms with E-state index in [0.717, 1.165) is 6.07 Å². The summed E-state index contributed by atoms with van der Waals surface area (Å²) in [5.41, 5.74) is 0.0275. The zero-order valence-corrected chi connectivity index (χ0v) is 10.2. The van der Waals surface area contributed by atoms with E-state index >= 15 is 0 Å². The standard InChI is InChI=1S/C12H15F2NO3/c1-15-7-8(3-4-16)12-10(13)5-9(17-2)6-11(12)18-14/h4-6,8,15H,3,7H2,1-2H3. The van der Waals surface area contributed by atoms with E-state index in [0.29, 0.717) is 12.8 Å². The Morgan fingerprint density at radius 2 is 2.22 bits per heavy atom. The number of benzene rings is 1. The smallest absolute Gasteiger partial charge is 0.182 e. The van der Waals surface area contributed by atoms with Crippen molar-refractivity contribution in [2.24, 2.45) is 0 Å². The molecule has 0 radical (unpaired) electrons. The highest BCUT2D eigenvalue weighted by atomic mass is 19.3. The highest BCUT2D eigenvalue weighted by molar-refractivity contribution is 5.54. The van der Waals surface area contributed by atoms with E-state index in [4.69, 9.17) is 4.74 Å². The zero-order valence-electron chi connectivity index (χ0n) is 10.2. The molecule has 0 aliphatic heterocycles. The monoisotopic (exact) mass is 259 g/mol. The zero-order chi connectivity index (χ0) is 13.5. The van der Waals surface area contributed by atoms with Gasteiger partial charge in [-0.15, -0.1) is 0 Å². The van der Waals surface area contributed by atoms with Crippen molar-refractivity contribution in [1.29, 1.82) is 0 Å². The largest absolute Gasteiger partial charge is 0.497 e. The van der Waals surface area contributed by atoms with Gasteiger partial charge in [0.2, 0.25) is 0 Å². The number of methoxy groups -OCH3 is 1. The number of likely N-dealkylation sites (N-methyl/N-ethyl adjacent to an activating group) is 1. The molecule has 0 aliphatic rings. The predicted octanol–water partition coefficient (Wildman–Crippen LogP) is 1.99. The molecule has 6 heteroatoms. The Kier molecular flexibility index (Phi) is 5.51. The average Bonchev–Trinajstić information content (AvgIpc) is 2.37. The Balaban J connectivity index is 3.22. The van der Waals surface area contributed by atoms with E-state index in [1.165, 1.54) is 13.2 Å². The van der Waals surface area contributed by atoms with Crippen molar-refractivity contribution >= 4 is 6.29 Å². The van der Waals surface area contributed by atoms with Crippen molar-refractivity contribution in [1.82, 2.24) is 5.32 Å². The van der Waals surface area contributed by atoms with Crippen LogP contribution in [0.2, 0.25) is 0 Å². The molecule has 0 spiro atoms. The summed E-state index contributed by atoms with van der Waals surface area (Å²) in [7, 11) is 3.00. The van der Waals surface area contributed by atoms with E-state index in [9.17, 15) is 13.7 Å². The molecule has 0 amide bonds. The highest BCUT2D eigenvalue weighted by Gasteiger charge is 2.22. The molecule has 0 aromatic heterocycles. The lowest BCUT2D eigenvalue weighted by Gasteiger charge is -2.17. The SMILES string of the molecule is CNCC(CC=O)c1c(F)cc(OC)cc1OF. The van der Waals surface area contributed by atoms with Crippen LogP contribution in [-0.4, -0.2) is 27.0 Å². The second-order valence-corrected chi connectivity index (χ2v) is 3.76. The van der Waals surface area contributed by atoms with Gasteiger partial charge < -0.3 is 14.8 Å². The fraction of sp³-hybridized carbons (Fsp3) is 0.417. The number of carbonyl (C=O) groups is 1. The molecular weight excluding hydrogens is 244 g/mol. The van der Waals surface area contributed by atoms with Crippen LogP contribution in [0.3, 0.4) is 0 Å². The summed E-state index contributed by atoms with van der Waals surface area (Å²) in [6.45, 7) is 0.332. The van der Waals surface area contributed by atoms with Crippen molar-refractivity contribution in [3.63, 3.8) is 0 Å². The molecule has 1 rings (SSSR count). The van der Waals surface area contributed by atoms with Gasteiger partial charge >= 0.3 is 0 Å². The van der Waals surface area contributed by atoms with Crippen LogP contribution in [0.1, 0.15) is 17.9 Å². The Morgan fingerprint density at radius 3 is 2.72 bits per heavy atom. The Morgan fingerprint density at radius 1 is 1.50 bits per heavy atom. The molecule has 1 atom stereocenters. The van der Waals surface area contributed by atoms with Gasteiger partial charge in [0.05, 0.1) is 7.11 Å². The van der Waals surface area contributed by atoms with Crippen molar-refractivity contribution in [3.05, 3.63) is 23.5 Å². The van der Waals surface area contributed by atoms with E-state index in [1.54, 1.807) is 7.05 Å². The molecule has 0 bridgehead atoms. The summed E-state index contributed by atoms with van der Waals surface area (Å²) in [4.78, 5) is 14.3. The fourth-order valence-electron chi connectivity index (χ4n) is 1.81. The van der Waals surface area contributed by atoms with Gasteiger partial charge in [0.1, 0.15) is 17.9 Å². The maximum atomic E-state index is 13.9. The molecule has 1 unspecified atom stereocenters. The number of hydrogen-bond acceptors (Lipinski definition) is 4. The van der Waals surface area contributed by atoms with Crippen LogP contribution in [0.5, 0.6) is 11.5 Å². The van der Waals surface area contributed by atoms with Crippen LogP contribution in [0.15, 0.2) is 12.1 Å². The molecule has 18 heavy (non-hydrogen) atoms. The lowest BCUT2D eigenvalue weighted by Crippen LogP contribution is -2.19. The van der Waals surface area contributed by atoms with Gasteiger partial charge in [-0.3, -0.25) is 4.94 Å². The molecular formula is C12H15F2NO3. The van der Waals surface area contributed by atoms with E-state index < -0.39 is 11.7 Å². The summed E-state index contributed by atoms with van der Waals surface area (Å²) in [5, 5.41) is 2.82. The molecule has 1 aromatic rings. The first-order valence-corrected chi connectivity index (χ1v) is 5.42. The predicted molar refractivity (Wildman–Crippen MR) is 62.0 cm³/mol. The molecule has 100 valence electrons. The average molecular weight is 259 g/mol. The first-order chi connectivity index (χ1) is 8.67. The lowest BCUT2D eigenvalue weighted by molar-refractivity contribution is -0.108. The summed E-state index contributed by atoms with van der Waals surface area (Å²) in [6, 6.07) is 2.37. The highest BCUT2D eigenvalue weighted by Crippen LogP contribution is 2.34. The third-order valence-electron chi connectivity index (χ3n) is 2.62. The first kappa shape index (κ1) is 14.4. The van der Waals surface area contributed by atoms with Crippen LogP contribution in [0.25, 0.3) is 0 Å². The Hall–Kier alpha value is -1.69. The summed E-state index contributed by atoms with van der Waals surface area (Å²) in [6.07, 6.45) is 0.730. The lowest BCUT2D eigenvalue weighted by atomic mass is 9.94. The van der Waals surface area contributed by atoms with Gasteiger partial charge in [0, 0.05) is 41.1 Å². The summed E-state index contributed by atoms with van der Waals surface area (Å²) >= 11 is 0. The van der Waals surface area contributed by atoms with Gasteiger partial charge in [0.15, 0.2) is 5.75 Å². The van der Waals surface area contributed by atoms with Crippen LogP contribution < -0.4 is 15.0 Å². The number of hydrogen-bond donors (Lipinski definition) is 1. The van der Waals surface area contributed by atoms with Crippen molar-refractivity contribution < 1.29 is 23.4 Å². The van der Waals surface area contributed by atoms with Gasteiger partial charge in [0.25, 0.3) is 0 Å². The number of rotatable bonds is 7. The van der Waals surface area contributed by atoms with Crippen LogP contribution in [0, 0.1) is 5.82 Å². The second kappa shape index (κ2) is 6.90. The number of aldehydes is 1. The van der Waals surface area contributed by atoms with Gasteiger partial charge in [-0.05, 0) is 7.05 Å². The summed E-state index contributed by atoms with van der Waals surface area (Å²) < 4.78 is 31.2. The number of nitrogens with one attached hydrogen (secondary N) is 1. The maximum absolute atomic E-state index is 13.9. The molecule has 0 fully saturated rings. The molecule has 4 nitrogen and oxygen atoms in total. The maximum Gasteiger partial charge on any atom is 0.182 e. The van der Waals surface area contributed by atoms with Crippen molar-refractivity contribution in [2.75, 3.05) is 20.7 Å². The molecule has 0 aliphatic carbocycles. The quantitative estimate of drug-likeness (QED) is 0.761. The van der Waals surface area contributed by atoms with Crippen LogP contribution >= 0.6 is 0 Å². The molecule has 1 N–H and O–H groups in total. The normalized spacial score (nSPS) is 12.0. The number of carbonyl (C=O) groups excluding carboxylic acids is 1. The second-order valence-electron chi connectivity index (χ2n) is 3.76. The Labute approximate surface area is 104 Å². The number of ether oxygens (including phenoxy) is 1. The van der Waals surface area contributed by atoms with Gasteiger partial charge in [-0.1, -0.05) is 0 Å². The van der Waals surface area contributed by atoms with Crippen molar-refractivity contribution in [3.8, 4) is 11.5 Å². The van der Waals surface area contributed by atoms with E-state index in [-0.39, 0.29) is 23.5 Å². The third kappa shape index (κ3) is 3.16. The molecule has 0 saturated carbocycles. The minimum Gasteiger partial charge on any atom is -0.497 e. The minimum atomic E-state index is -0.663. The van der Waals surface area contributed by atoms with Crippen LogP contribution in [0.4, 0.5) is 8.92 Å². The third-order valence-corrected chi connectivity index (χ3v) is 2.62. The van der Waals surface area contributed by atoms with E-state index in [2.05, 4.69) is 10.3 Å². The topological polar surface area (TPSA) is 47.6 Å². The molecule has 1 aromatic carbocycles. The fourth-order valence-corrected chi connectivity index (χ4v) is 1.81. The molecule has 0 heterocycles. The van der Waals surface area contributed by atoms with Crippen molar-refractivity contribution in [2.45, 2.75) is 12.3 Å². The molecule has 0 saturated heterocycles. The van der Waals surface area contributed by atoms with Crippen LogP contribution in [-0.2, 0) is 4.79 Å². The van der Waals surface area contributed by atoms with E-state index in [1.807, 2.05) is 0 Å². The van der Waals surface area contributed by atoms with Gasteiger partial charge in [-0.2, -0.15) is 0 Å².